The second-order valence-electron chi connectivity index (χ2n) is 6.03. The van der Waals surface area contributed by atoms with Crippen LogP contribution in [0, 0.1) is 6.92 Å². The summed E-state index contributed by atoms with van der Waals surface area (Å²) >= 11 is 1.53. The van der Waals surface area contributed by atoms with Crippen LogP contribution in [0.25, 0.3) is 10.6 Å². The quantitative estimate of drug-likeness (QED) is 0.685. The van der Waals surface area contributed by atoms with E-state index in [0.717, 1.165) is 16.3 Å². The van der Waals surface area contributed by atoms with E-state index in [0.29, 0.717) is 5.69 Å². The van der Waals surface area contributed by atoms with Gasteiger partial charge >= 0.3 is 0 Å². The molecule has 1 amide bonds. The molecule has 0 bridgehead atoms. The molecular formula is C20H20N2O2S2. The van der Waals surface area contributed by atoms with Crippen LogP contribution in [-0.4, -0.2) is 20.3 Å². The molecule has 2 aromatic carbocycles. The minimum atomic E-state index is -1.33. The van der Waals surface area contributed by atoms with Crippen molar-refractivity contribution in [1.82, 2.24) is 4.98 Å². The average Bonchev–Trinajstić information content (AvgIpc) is 3.11. The number of nitrogens with zero attached hydrogens (tertiary/aromatic N) is 1. The molecule has 1 aromatic heterocycles. The maximum Gasteiger partial charge on any atom is 0.239 e. The van der Waals surface area contributed by atoms with Gasteiger partial charge in [0.1, 0.15) is 10.3 Å². The summed E-state index contributed by atoms with van der Waals surface area (Å²) in [5.74, 6) is 0.0228. The molecule has 3 aromatic rings. The van der Waals surface area contributed by atoms with E-state index in [1.807, 2.05) is 66.9 Å². The van der Waals surface area contributed by atoms with Crippen LogP contribution in [0.1, 0.15) is 18.2 Å². The number of rotatable bonds is 6. The van der Waals surface area contributed by atoms with E-state index in [9.17, 15) is 9.00 Å². The first-order chi connectivity index (χ1) is 12.5. The molecule has 0 fully saturated rings. The number of hydrogen-bond donors (Lipinski definition) is 1. The van der Waals surface area contributed by atoms with Crippen molar-refractivity contribution in [2.45, 2.75) is 24.9 Å². The van der Waals surface area contributed by atoms with Crippen molar-refractivity contribution in [2.75, 3.05) is 5.32 Å². The Kier molecular flexibility index (Phi) is 5.96. The van der Waals surface area contributed by atoms with Crippen LogP contribution in [0.5, 0.6) is 0 Å². The monoisotopic (exact) mass is 384 g/mol. The van der Waals surface area contributed by atoms with E-state index in [-0.39, 0.29) is 11.7 Å². The Balaban J connectivity index is 1.62. The lowest BCUT2D eigenvalue weighted by Crippen LogP contribution is -2.29. The van der Waals surface area contributed by atoms with E-state index < -0.39 is 16.0 Å². The van der Waals surface area contributed by atoms with E-state index in [1.165, 1.54) is 16.9 Å². The number of thiazole rings is 1. The fourth-order valence-electron chi connectivity index (χ4n) is 2.36. The molecule has 0 aliphatic carbocycles. The molecule has 134 valence electrons. The number of benzene rings is 2. The van der Waals surface area contributed by atoms with Gasteiger partial charge in [0, 0.05) is 27.4 Å². The summed E-state index contributed by atoms with van der Waals surface area (Å²) in [6.45, 7) is 3.73. The van der Waals surface area contributed by atoms with Crippen molar-refractivity contribution in [3.05, 3.63) is 71.2 Å². The molecule has 1 N–H and O–H groups in total. The first-order valence-corrected chi connectivity index (χ1v) is 10.5. The third kappa shape index (κ3) is 4.65. The summed E-state index contributed by atoms with van der Waals surface area (Å²) in [5.41, 5.74) is 3.71. The van der Waals surface area contributed by atoms with Crippen LogP contribution < -0.4 is 5.32 Å². The predicted molar refractivity (Wildman–Crippen MR) is 109 cm³/mol. The summed E-state index contributed by atoms with van der Waals surface area (Å²) in [6, 6.07) is 17.3. The lowest BCUT2D eigenvalue weighted by Gasteiger charge is -2.11. The van der Waals surface area contributed by atoms with Crippen molar-refractivity contribution in [3.8, 4) is 10.6 Å². The van der Waals surface area contributed by atoms with E-state index in [2.05, 4.69) is 10.3 Å². The van der Waals surface area contributed by atoms with Crippen LogP contribution in [-0.2, 0) is 21.3 Å². The number of aryl methyl sites for hydroxylation is 1. The highest BCUT2D eigenvalue weighted by molar-refractivity contribution is 7.85. The average molecular weight is 385 g/mol. The second-order valence-corrected chi connectivity index (χ2v) is 8.65. The molecule has 1 heterocycles. The zero-order valence-electron chi connectivity index (χ0n) is 14.6. The molecule has 0 saturated carbocycles. The van der Waals surface area contributed by atoms with Gasteiger partial charge in [-0.15, -0.1) is 11.3 Å². The Bertz CT molecular complexity index is 905. The van der Waals surface area contributed by atoms with Crippen LogP contribution in [0.15, 0.2) is 60.0 Å². The lowest BCUT2D eigenvalue weighted by atomic mass is 10.2. The molecule has 2 atom stereocenters. The van der Waals surface area contributed by atoms with E-state index in [1.54, 1.807) is 6.92 Å². The molecule has 6 heteroatoms. The number of hydrogen-bond acceptors (Lipinski definition) is 4. The van der Waals surface area contributed by atoms with Gasteiger partial charge in [-0.05, 0) is 26.0 Å². The molecule has 0 aliphatic rings. The highest BCUT2D eigenvalue weighted by Gasteiger charge is 2.21. The molecule has 0 saturated heterocycles. The maximum atomic E-state index is 12.5. The van der Waals surface area contributed by atoms with Gasteiger partial charge in [-0.1, -0.05) is 48.0 Å². The Morgan fingerprint density at radius 3 is 2.54 bits per heavy atom. The smallest absolute Gasteiger partial charge is 0.239 e. The Labute approximate surface area is 159 Å². The van der Waals surface area contributed by atoms with Gasteiger partial charge in [0.2, 0.25) is 5.91 Å². The van der Waals surface area contributed by atoms with Gasteiger partial charge in [0.15, 0.2) is 0 Å². The normalized spacial score (nSPS) is 13.2. The molecule has 0 spiro atoms. The SMILES string of the molecule is Cc1ccc(-c2nc(CS(=O)C(C)C(=O)Nc3ccccc3)cs2)cc1. The third-order valence-corrected chi connectivity index (χ3v) is 6.47. The maximum absolute atomic E-state index is 12.5. The van der Waals surface area contributed by atoms with Crippen LogP contribution in [0.4, 0.5) is 5.69 Å². The van der Waals surface area contributed by atoms with Crippen LogP contribution in [0.2, 0.25) is 0 Å². The molecule has 26 heavy (non-hydrogen) atoms. The van der Waals surface area contributed by atoms with E-state index >= 15 is 0 Å². The summed E-state index contributed by atoms with van der Waals surface area (Å²) in [5, 5.41) is 5.00. The fraction of sp³-hybridized carbons (Fsp3) is 0.200. The fourth-order valence-corrected chi connectivity index (χ4v) is 4.28. The molecule has 3 rings (SSSR count). The van der Waals surface area contributed by atoms with E-state index in [4.69, 9.17) is 0 Å². The van der Waals surface area contributed by atoms with Crippen molar-refractivity contribution < 1.29 is 9.00 Å². The second kappa shape index (κ2) is 8.38. The van der Waals surface area contributed by atoms with Gasteiger partial charge in [0.05, 0.1) is 11.4 Å². The lowest BCUT2D eigenvalue weighted by molar-refractivity contribution is -0.115. The number of para-hydroxylation sites is 1. The topological polar surface area (TPSA) is 59.1 Å². The Morgan fingerprint density at radius 2 is 1.85 bits per heavy atom. The van der Waals surface area contributed by atoms with Crippen molar-refractivity contribution in [1.29, 1.82) is 0 Å². The van der Waals surface area contributed by atoms with Crippen LogP contribution in [0.3, 0.4) is 0 Å². The molecule has 0 aliphatic heterocycles. The number of aromatic nitrogens is 1. The number of nitrogens with one attached hydrogen (secondary N) is 1. The highest BCUT2D eigenvalue weighted by Crippen LogP contribution is 2.25. The number of anilines is 1. The van der Waals surface area contributed by atoms with Crippen molar-refractivity contribution in [3.63, 3.8) is 0 Å². The third-order valence-electron chi connectivity index (χ3n) is 3.95. The van der Waals surface area contributed by atoms with Gasteiger partial charge in [-0.25, -0.2) is 4.98 Å². The molecule has 0 radical (unpaired) electrons. The summed E-state index contributed by atoms with van der Waals surface area (Å²) in [6.07, 6.45) is 0. The zero-order valence-corrected chi connectivity index (χ0v) is 16.3. The van der Waals surface area contributed by atoms with Crippen molar-refractivity contribution >= 4 is 33.7 Å². The minimum absolute atomic E-state index is 0.247. The van der Waals surface area contributed by atoms with Gasteiger partial charge in [-0.2, -0.15) is 0 Å². The summed E-state index contributed by atoms with van der Waals surface area (Å²) in [7, 11) is -1.33. The summed E-state index contributed by atoms with van der Waals surface area (Å²) < 4.78 is 12.5. The Hall–Kier alpha value is -2.31. The number of carbonyl (C=O) groups excluding carboxylic acids is 1. The first kappa shape index (κ1) is 18.5. The first-order valence-electron chi connectivity index (χ1n) is 8.27. The largest absolute Gasteiger partial charge is 0.325 e. The van der Waals surface area contributed by atoms with Crippen LogP contribution >= 0.6 is 11.3 Å². The van der Waals surface area contributed by atoms with Gasteiger partial charge in [-0.3, -0.25) is 9.00 Å². The minimum Gasteiger partial charge on any atom is -0.325 e. The number of amides is 1. The molecular weight excluding hydrogens is 364 g/mol. The standard InChI is InChI=1S/C20H20N2O2S2/c1-14-8-10-16(11-9-14)20-22-18(12-25-20)13-26(24)15(2)19(23)21-17-6-4-3-5-7-17/h3-12,15H,13H2,1-2H3,(H,21,23). The molecule has 4 nitrogen and oxygen atoms in total. The zero-order chi connectivity index (χ0) is 18.5. The predicted octanol–water partition coefficient (Wildman–Crippen LogP) is 4.39. The number of carbonyl (C=O) groups is 1. The highest BCUT2D eigenvalue weighted by atomic mass is 32.2. The molecule has 2 unspecified atom stereocenters. The van der Waals surface area contributed by atoms with Gasteiger partial charge < -0.3 is 5.32 Å². The summed E-state index contributed by atoms with van der Waals surface area (Å²) in [4.78, 5) is 16.9. The van der Waals surface area contributed by atoms with Crippen molar-refractivity contribution in [2.24, 2.45) is 0 Å². The Morgan fingerprint density at radius 1 is 1.15 bits per heavy atom. The van der Waals surface area contributed by atoms with Gasteiger partial charge in [0.25, 0.3) is 0 Å².